The zero-order chi connectivity index (χ0) is 15.0. The third-order valence-corrected chi connectivity index (χ3v) is 3.24. The van der Waals surface area contributed by atoms with E-state index in [4.69, 9.17) is 21.1 Å². The van der Waals surface area contributed by atoms with E-state index in [1.54, 1.807) is 0 Å². The van der Waals surface area contributed by atoms with Crippen LogP contribution in [0.1, 0.15) is 45.7 Å². The number of hydrogen-bond donors (Lipinski definition) is 1. The fourth-order valence-corrected chi connectivity index (χ4v) is 2.06. The number of benzene rings is 1. The molecule has 114 valence electrons. The highest BCUT2D eigenvalue weighted by atomic mass is 35.5. The van der Waals surface area contributed by atoms with Crippen LogP contribution in [0.25, 0.3) is 0 Å². The van der Waals surface area contributed by atoms with Crippen molar-refractivity contribution >= 4 is 11.6 Å². The van der Waals surface area contributed by atoms with Gasteiger partial charge >= 0.3 is 0 Å². The van der Waals surface area contributed by atoms with Crippen molar-refractivity contribution in [3.8, 4) is 5.75 Å². The number of rotatable bonds is 9. The molecule has 1 N–H and O–H groups in total. The number of halogens is 1. The minimum Gasteiger partial charge on any atom is -0.490 e. The number of nitrogens with one attached hydrogen (secondary N) is 1. The Balaban J connectivity index is 2.50. The molecule has 1 aromatic carbocycles. The molecule has 1 unspecified atom stereocenters. The lowest BCUT2D eigenvalue weighted by molar-refractivity contribution is 0.0553. The summed E-state index contributed by atoms with van der Waals surface area (Å²) >= 11 is 6.26. The molecule has 0 heterocycles. The maximum atomic E-state index is 6.26. The molecule has 1 atom stereocenters. The standard InChI is InChI=1S/C16H26ClNO2/c1-5-8-18-13(4)14-6-7-16(15(17)11-14)20-10-9-19-12(2)3/h6-7,11-13,18H,5,8-10H2,1-4H3. The van der Waals surface area contributed by atoms with Crippen LogP contribution in [-0.4, -0.2) is 25.9 Å². The molecule has 0 bridgehead atoms. The second kappa shape index (κ2) is 9.22. The molecule has 0 saturated carbocycles. The lowest BCUT2D eigenvalue weighted by Gasteiger charge is -2.16. The average molecular weight is 300 g/mol. The van der Waals surface area contributed by atoms with Gasteiger partial charge in [0.15, 0.2) is 0 Å². The first kappa shape index (κ1) is 17.3. The topological polar surface area (TPSA) is 30.5 Å². The zero-order valence-corrected chi connectivity index (χ0v) is 13.7. The Morgan fingerprint density at radius 2 is 1.95 bits per heavy atom. The van der Waals surface area contributed by atoms with Crippen LogP contribution in [0.3, 0.4) is 0 Å². The van der Waals surface area contributed by atoms with Gasteiger partial charge in [-0.25, -0.2) is 0 Å². The van der Waals surface area contributed by atoms with E-state index in [0.29, 0.717) is 30.0 Å². The first-order valence-electron chi connectivity index (χ1n) is 7.31. The van der Waals surface area contributed by atoms with E-state index < -0.39 is 0 Å². The molecule has 20 heavy (non-hydrogen) atoms. The molecule has 1 aromatic rings. The Morgan fingerprint density at radius 1 is 1.20 bits per heavy atom. The van der Waals surface area contributed by atoms with E-state index in [-0.39, 0.29) is 6.10 Å². The SMILES string of the molecule is CCCNC(C)c1ccc(OCCOC(C)C)c(Cl)c1. The highest BCUT2D eigenvalue weighted by molar-refractivity contribution is 6.32. The second-order valence-corrected chi connectivity index (χ2v) is 5.54. The van der Waals surface area contributed by atoms with Crippen LogP contribution in [0.15, 0.2) is 18.2 Å². The largest absolute Gasteiger partial charge is 0.490 e. The highest BCUT2D eigenvalue weighted by Crippen LogP contribution is 2.27. The van der Waals surface area contributed by atoms with E-state index in [2.05, 4.69) is 25.2 Å². The molecular formula is C16H26ClNO2. The minimum atomic E-state index is 0.224. The summed E-state index contributed by atoms with van der Waals surface area (Å²) in [4.78, 5) is 0. The summed E-state index contributed by atoms with van der Waals surface area (Å²) in [7, 11) is 0. The summed E-state index contributed by atoms with van der Waals surface area (Å²) in [6.07, 6.45) is 1.34. The van der Waals surface area contributed by atoms with Crippen LogP contribution in [0.4, 0.5) is 0 Å². The minimum absolute atomic E-state index is 0.224. The molecule has 0 radical (unpaired) electrons. The molecule has 0 spiro atoms. The molecule has 3 nitrogen and oxygen atoms in total. The number of ether oxygens (including phenoxy) is 2. The molecule has 0 aliphatic heterocycles. The highest BCUT2D eigenvalue weighted by Gasteiger charge is 2.08. The Morgan fingerprint density at radius 3 is 2.55 bits per heavy atom. The van der Waals surface area contributed by atoms with E-state index in [1.165, 1.54) is 5.56 Å². The van der Waals surface area contributed by atoms with Crippen molar-refractivity contribution in [1.82, 2.24) is 5.32 Å². The Kier molecular flexibility index (Phi) is 7.97. The summed E-state index contributed by atoms with van der Waals surface area (Å²) in [6, 6.07) is 6.24. The van der Waals surface area contributed by atoms with Gasteiger partial charge in [-0.2, -0.15) is 0 Å². The van der Waals surface area contributed by atoms with E-state index in [0.717, 1.165) is 13.0 Å². The van der Waals surface area contributed by atoms with Crippen LogP contribution in [-0.2, 0) is 4.74 Å². The quantitative estimate of drug-likeness (QED) is 0.693. The molecule has 0 aliphatic rings. The Labute approximate surface area is 127 Å². The molecule has 1 rings (SSSR count). The van der Waals surface area contributed by atoms with Crippen LogP contribution < -0.4 is 10.1 Å². The predicted octanol–water partition coefficient (Wildman–Crippen LogP) is 4.20. The van der Waals surface area contributed by atoms with Gasteiger partial charge in [0.1, 0.15) is 12.4 Å². The van der Waals surface area contributed by atoms with Gasteiger partial charge in [-0.15, -0.1) is 0 Å². The molecule has 0 saturated heterocycles. The predicted molar refractivity (Wildman–Crippen MR) is 84.7 cm³/mol. The van der Waals surface area contributed by atoms with Crippen molar-refractivity contribution in [3.63, 3.8) is 0 Å². The van der Waals surface area contributed by atoms with Crippen molar-refractivity contribution in [2.75, 3.05) is 19.8 Å². The smallest absolute Gasteiger partial charge is 0.138 e. The van der Waals surface area contributed by atoms with Gasteiger partial charge in [-0.05, 0) is 51.4 Å². The van der Waals surface area contributed by atoms with Crippen LogP contribution in [0.2, 0.25) is 5.02 Å². The van der Waals surface area contributed by atoms with Crippen LogP contribution in [0.5, 0.6) is 5.75 Å². The molecule has 0 aliphatic carbocycles. The summed E-state index contributed by atoms with van der Waals surface area (Å²) in [5.41, 5.74) is 1.18. The van der Waals surface area contributed by atoms with E-state index in [9.17, 15) is 0 Å². The van der Waals surface area contributed by atoms with Crippen molar-refractivity contribution in [1.29, 1.82) is 0 Å². The van der Waals surface area contributed by atoms with Crippen LogP contribution >= 0.6 is 11.6 Å². The summed E-state index contributed by atoms with van der Waals surface area (Å²) in [6.45, 7) is 10.4. The molecular weight excluding hydrogens is 274 g/mol. The summed E-state index contributed by atoms with van der Waals surface area (Å²) in [5.74, 6) is 0.713. The fourth-order valence-electron chi connectivity index (χ4n) is 1.82. The van der Waals surface area contributed by atoms with Gasteiger partial charge in [0.2, 0.25) is 0 Å². The maximum absolute atomic E-state index is 6.26. The molecule has 0 aromatic heterocycles. The first-order chi connectivity index (χ1) is 9.54. The summed E-state index contributed by atoms with van der Waals surface area (Å²) in [5, 5.41) is 4.09. The van der Waals surface area contributed by atoms with Gasteiger partial charge in [0.05, 0.1) is 17.7 Å². The average Bonchev–Trinajstić information content (AvgIpc) is 2.42. The van der Waals surface area contributed by atoms with Crippen molar-refractivity contribution < 1.29 is 9.47 Å². The van der Waals surface area contributed by atoms with E-state index >= 15 is 0 Å². The molecule has 4 heteroatoms. The monoisotopic (exact) mass is 299 g/mol. The van der Waals surface area contributed by atoms with Gasteiger partial charge < -0.3 is 14.8 Å². The second-order valence-electron chi connectivity index (χ2n) is 5.13. The normalized spacial score (nSPS) is 12.7. The van der Waals surface area contributed by atoms with Crippen LogP contribution in [0, 0.1) is 0 Å². The molecule has 0 fully saturated rings. The van der Waals surface area contributed by atoms with Crippen molar-refractivity contribution in [3.05, 3.63) is 28.8 Å². The lowest BCUT2D eigenvalue weighted by Crippen LogP contribution is -2.19. The van der Waals surface area contributed by atoms with Gasteiger partial charge in [-0.1, -0.05) is 24.6 Å². The fraction of sp³-hybridized carbons (Fsp3) is 0.625. The molecule has 0 amide bonds. The Bertz CT molecular complexity index is 396. The van der Waals surface area contributed by atoms with Crippen molar-refractivity contribution in [2.24, 2.45) is 0 Å². The lowest BCUT2D eigenvalue weighted by atomic mass is 10.1. The number of hydrogen-bond acceptors (Lipinski definition) is 3. The Hall–Kier alpha value is -0.770. The van der Waals surface area contributed by atoms with Gasteiger partial charge in [0, 0.05) is 6.04 Å². The van der Waals surface area contributed by atoms with Gasteiger partial charge in [0.25, 0.3) is 0 Å². The van der Waals surface area contributed by atoms with Crippen molar-refractivity contribution in [2.45, 2.75) is 46.3 Å². The first-order valence-corrected chi connectivity index (χ1v) is 7.69. The van der Waals surface area contributed by atoms with E-state index in [1.807, 2.05) is 26.0 Å². The summed E-state index contributed by atoms with van der Waals surface area (Å²) < 4.78 is 11.1. The zero-order valence-electron chi connectivity index (χ0n) is 12.9. The third kappa shape index (κ3) is 6.12. The maximum Gasteiger partial charge on any atom is 0.138 e. The van der Waals surface area contributed by atoms with Gasteiger partial charge in [-0.3, -0.25) is 0 Å². The third-order valence-electron chi connectivity index (χ3n) is 2.95.